The van der Waals surface area contributed by atoms with Crippen molar-refractivity contribution in [2.75, 3.05) is 6.61 Å². The van der Waals surface area contributed by atoms with Crippen LogP contribution in [0.25, 0.3) is 0 Å². The fraction of sp³-hybridized carbons (Fsp3) is 0.500. The maximum absolute atomic E-state index is 10.7. The number of carbonyl (C=O) groups is 1. The Morgan fingerprint density at radius 3 is 3.07 bits per heavy atom. The molecule has 1 aliphatic rings. The Balaban J connectivity index is 1.83. The van der Waals surface area contributed by atoms with Crippen LogP contribution in [0.4, 0.5) is 0 Å². The van der Waals surface area contributed by atoms with Crippen LogP contribution in [0.3, 0.4) is 0 Å². The minimum atomic E-state index is 0.465. The van der Waals surface area contributed by atoms with Gasteiger partial charge in [-0.05, 0) is 24.5 Å². The van der Waals surface area contributed by atoms with Crippen molar-refractivity contribution in [3.63, 3.8) is 0 Å². The van der Waals surface area contributed by atoms with Gasteiger partial charge >= 0.3 is 0 Å². The van der Waals surface area contributed by atoms with Crippen molar-refractivity contribution in [1.82, 2.24) is 4.98 Å². The molecule has 0 unspecified atom stereocenters. The molecule has 0 atom stereocenters. The third-order valence-electron chi connectivity index (χ3n) is 2.92. The quantitative estimate of drug-likeness (QED) is 0.693. The summed E-state index contributed by atoms with van der Waals surface area (Å²) >= 11 is 0. The smallest absolute Gasteiger partial charge is 0.224 e. The predicted molar refractivity (Wildman–Crippen MR) is 57.1 cm³/mol. The number of nitrogens with zero attached hydrogens (tertiary/aromatic N) is 1. The summed E-state index contributed by atoms with van der Waals surface area (Å²) < 4.78 is 5.49. The lowest BCUT2D eigenvalue weighted by Crippen LogP contribution is -2.15. The molecule has 15 heavy (non-hydrogen) atoms. The summed E-state index contributed by atoms with van der Waals surface area (Å²) in [6.07, 6.45) is 7.51. The van der Waals surface area contributed by atoms with Gasteiger partial charge in [-0.25, -0.2) is 4.98 Å². The lowest BCUT2D eigenvalue weighted by Gasteiger charge is -2.24. The summed E-state index contributed by atoms with van der Waals surface area (Å²) in [7, 11) is 0. The Bertz CT molecular complexity index is 334. The van der Waals surface area contributed by atoms with Crippen molar-refractivity contribution in [1.29, 1.82) is 0 Å². The molecule has 1 aliphatic carbocycles. The minimum Gasteiger partial charge on any atom is -0.477 e. The van der Waals surface area contributed by atoms with E-state index in [1.807, 2.05) is 0 Å². The highest BCUT2D eigenvalue weighted by molar-refractivity contribution is 5.77. The number of hydrogen-bond donors (Lipinski definition) is 0. The maximum Gasteiger partial charge on any atom is 0.224 e. The van der Waals surface area contributed by atoms with Crippen molar-refractivity contribution in [3.05, 3.63) is 23.9 Å². The average Bonchev–Trinajstić information content (AvgIpc) is 2.22. The molecule has 0 N–H and O–H groups in total. The molecule has 1 heterocycles. The SMILES string of the molecule is O=Cc1cccnc1OCCC1CCC1. The van der Waals surface area contributed by atoms with Gasteiger partial charge in [0.25, 0.3) is 0 Å². The lowest BCUT2D eigenvalue weighted by molar-refractivity contribution is 0.111. The topological polar surface area (TPSA) is 39.2 Å². The molecule has 0 aromatic carbocycles. The maximum atomic E-state index is 10.7. The van der Waals surface area contributed by atoms with Crippen LogP contribution >= 0.6 is 0 Å². The first kappa shape index (κ1) is 10.1. The molecule has 2 rings (SSSR count). The van der Waals surface area contributed by atoms with Gasteiger partial charge in [-0.1, -0.05) is 19.3 Å². The van der Waals surface area contributed by atoms with Crippen LogP contribution in [0.15, 0.2) is 18.3 Å². The third kappa shape index (κ3) is 2.55. The van der Waals surface area contributed by atoms with Crippen molar-refractivity contribution in [3.8, 4) is 5.88 Å². The fourth-order valence-corrected chi connectivity index (χ4v) is 1.72. The first-order chi connectivity index (χ1) is 7.40. The van der Waals surface area contributed by atoms with E-state index in [0.29, 0.717) is 18.1 Å². The zero-order chi connectivity index (χ0) is 10.5. The van der Waals surface area contributed by atoms with Crippen LogP contribution in [0, 0.1) is 5.92 Å². The largest absolute Gasteiger partial charge is 0.477 e. The molecule has 1 aromatic rings. The molecule has 80 valence electrons. The van der Waals surface area contributed by atoms with Gasteiger partial charge in [0, 0.05) is 6.20 Å². The molecule has 1 fully saturated rings. The second-order valence-corrected chi connectivity index (χ2v) is 3.95. The zero-order valence-corrected chi connectivity index (χ0v) is 8.69. The Morgan fingerprint density at radius 1 is 1.53 bits per heavy atom. The first-order valence-electron chi connectivity index (χ1n) is 5.43. The lowest BCUT2D eigenvalue weighted by atomic mass is 9.83. The van der Waals surface area contributed by atoms with Crippen molar-refractivity contribution < 1.29 is 9.53 Å². The predicted octanol–water partition coefficient (Wildman–Crippen LogP) is 2.46. The van der Waals surface area contributed by atoms with Gasteiger partial charge in [-0.2, -0.15) is 0 Å². The van der Waals surface area contributed by atoms with E-state index in [1.165, 1.54) is 19.3 Å². The van der Waals surface area contributed by atoms with Gasteiger partial charge in [-0.3, -0.25) is 4.79 Å². The van der Waals surface area contributed by atoms with Gasteiger partial charge < -0.3 is 4.74 Å². The molecule has 0 aliphatic heterocycles. The number of ether oxygens (including phenoxy) is 1. The molecule has 0 amide bonds. The standard InChI is InChI=1S/C12H15NO2/c14-9-11-5-2-7-13-12(11)15-8-6-10-3-1-4-10/h2,5,7,9-10H,1,3-4,6,8H2. The highest BCUT2D eigenvalue weighted by atomic mass is 16.5. The Labute approximate surface area is 89.5 Å². The molecule has 3 nitrogen and oxygen atoms in total. The molecule has 0 spiro atoms. The zero-order valence-electron chi connectivity index (χ0n) is 8.69. The van der Waals surface area contributed by atoms with Crippen LogP contribution < -0.4 is 4.74 Å². The molecule has 1 aromatic heterocycles. The Kier molecular flexibility index (Phi) is 3.33. The number of hydrogen-bond acceptors (Lipinski definition) is 3. The van der Waals surface area contributed by atoms with Gasteiger partial charge in [0.05, 0.1) is 12.2 Å². The second-order valence-electron chi connectivity index (χ2n) is 3.95. The Hall–Kier alpha value is -1.38. The van der Waals surface area contributed by atoms with Crippen LogP contribution in [-0.4, -0.2) is 17.9 Å². The molecule has 1 saturated carbocycles. The normalized spacial score (nSPS) is 15.7. The van der Waals surface area contributed by atoms with E-state index < -0.39 is 0 Å². The summed E-state index contributed by atoms with van der Waals surface area (Å²) in [4.78, 5) is 14.7. The average molecular weight is 205 g/mol. The van der Waals surface area contributed by atoms with Crippen molar-refractivity contribution in [2.45, 2.75) is 25.7 Å². The highest BCUT2D eigenvalue weighted by Gasteiger charge is 2.17. The first-order valence-corrected chi connectivity index (χ1v) is 5.43. The summed E-state index contributed by atoms with van der Waals surface area (Å²) in [5, 5.41) is 0. The van der Waals surface area contributed by atoms with Crippen molar-refractivity contribution in [2.24, 2.45) is 5.92 Å². The fourth-order valence-electron chi connectivity index (χ4n) is 1.72. The van der Waals surface area contributed by atoms with Gasteiger partial charge in [-0.15, -0.1) is 0 Å². The second kappa shape index (κ2) is 4.91. The van der Waals surface area contributed by atoms with Gasteiger partial charge in [0.2, 0.25) is 5.88 Å². The summed E-state index contributed by atoms with van der Waals surface area (Å²) in [5.41, 5.74) is 0.533. The number of pyridine rings is 1. The van der Waals surface area contributed by atoms with Crippen LogP contribution in [0.5, 0.6) is 5.88 Å². The molecular weight excluding hydrogens is 190 g/mol. The monoisotopic (exact) mass is 205 g/mol. The summed E-state index contributed by atoms with van der Waals surface area (Å²) in [5.74, 6) is 1.29. The molecule has 0 radical (unpaired) electrons. The third-order valence-corrected chi connectivity index (χ3v) is 2.92. The van der Waals surface area contributed by atoms with Crippen LogP contribution in [-0.2, 0) is 0 Å². The van der Waals surface area contributed by atoms with Crippen LogP contribution in [0.2, 0.25) is 0 Å². The summed E-state index contributed by atoms with van der Waals surface area (Å²) in [6, 6.07) is 3.46. The number of rotatable bonds is 5. The summed E-state index contributed by atoms with van der Waals surface area (Å²) in [6.45, 7) is 0.669. The van der Waals surface area contributed by atoms with E-state index in [1.54, 1.807) is 18.3 Å². The van der Waals surface area contributed by atoms with E-state index in [0.717, 1.165) is 18.6 Å². The molecule has 0 bridgehead atoms. The number of aldehydes is 1. The minimum absolute atomic E-state index is 0.465. The molecule has 3 heteroatoms. The van der Waals surface area contributed by atoms with Gasteiger partial charge in [0.15, 0.2) is 6.29 Å². The molecule has 0 saturated heterocycles. The van der Waals surface area contributed by atoms with E-state index in [9.17, 15) is 4.79 Å². The number of carbonyl (C=O) groups excluding carboxylic acids is 1. The van der Waals surface area contributed by atoms with E-state index in [4.69, 9.17) is 4.74 Å². The number of aromatic nitrogens is 1. The van der Waals surface area contributed by atoms with Crippen molar-refractivity contribution >= 4 is 6.29 Å². The van der Waals surface area contributed by atoms with E-state index >= 15 is 0 Å². The van der Waals surface area contributed by atoms with Crippen LogP contribution in [0.1, 0.15) is 36.0 Å². The van der Waals surface area contributed by atoms with Gasteiger partial charge in [0.1, 0.15) is 0 Å². The Morgan fingerprint density at radius 2 is 2.40 bits per heavy atom. The van der Waals surface area contributed by atoms with E-state index in [-0.39, 0.29) is 0 Å². The molecular formula is C12H15NO2. The highest BCUT2D eigenvalue weighted by Crippen LogP contribution is 2.29. The van der Waals surface area contributed by atoms with E-state index in [2.05, 4.69) is 4.98 Å².